The summed E-state index contributed by atoms with van der Waals surface area (Å²) in [7, 11) is 0. The summed E-state index contributed by atoms with van der Waals surface area (Å²) in [6, 6.07) is 4.42. The van der Waals surface area contributed by atoms with Crippen molar-refractivity contribution in [3.8, 4) is 5.75 Å². The fraction of sp³-hybridized carbons (Fsp3) is 0.400. The Morgan fingerprint density at radius 1 is 1.50 bits per heavy atom. The molecule has 0 saturated heterocycles. The summed E-state index contributed by atoms with van der Waals surface area (Å²) in [6.45, 7) is 0.616. The monoisotopic (exact) mass is 223 g/mol. The van der Waals surface area contributed by atoms with E-state index < -0.39 is 4.92 Å². The van der Waals surface area contributed by atoms with Crippen LogP contribution in [0.2, 0.25) is 0 Å². The number of hydrogen-bond donors (Lipinski definition) is 2. The molecule has 2 rings (SSSR count). The molecule has 3 N–H and O–H groups in total. The maximum absolute atomic E-state index is 10.7. The van der Waals surface area contributed by atoms with Gasteiger partial charge < -0.3 is 10.2 Å². The van der Waals surface area contributed by atoms with Crippen LogP contribution < -0.4 is 16.0 Å². The molecule has 0 atom stereocenters. The van der Waals surface area contributed by atoms with Crippen LogP contribution in [0.3, 0.4) is 0 Å². The molecule has 1 aromatic rings. The van der Waals surface area contributed by atoms with E-state index >= 15 is 0 Å². The van der Waals surface area contributed by atoms with Crippen molar-refractivity contribution in [1.29, 1.82) is 0 Å². The Morgan fingerprint density at radius 2 is 2.25 bits per heavy atom. The average molecular weight is 223 g/mol. The lowest BCUT2D eigenvalue weighted by Gasteiger charge is -2.07. The number of nitrogens with two attached hydrogens (primary N) is 1. The zero-order valence-corrected chi connectivity index (χ0v) is 8.68. The SMILES string of the molecule is NNc1cc(OCC2CC2)cc([N+](=O)[O-])c1. The molecule has 1 fully saturated rings. The van der Waals surface area contributed by atoms with Crippen molar-refractivity contribution >= 4 is 11.4 Å². The highest BCUT2D eigenvalue weighted by Gasteiger charge is 2.22. The molecule has 0 aromatic heterocycles. The number of nitrogens with zero attached hydrogens (tertiary/aromatic N) is 1. The van der Waals surface area contributed by atoms with Crippen molar-refractivity contribution in [1.82, 2.24) is 0 Å². The number of hydrazine groups is 1. The van der Waals surface area contributed by atoms with Gasteiger partial charge in [-0.25, -0.2) is 0 Å². The molecule has 16 heavy (non-hydrogen) atoms. The van der Waals surface area contributed by atoms with Gasteiger partial charge in [-0.2, -0.15) is 0 Å². The third kappa shape index (κ3) is 2.60. The fourth-order valence-electron chi connectivity index (χ4n) is 1.35. The summed E-state index contributed by atoms with van der Waals surface area (Å²) in [5, 5.41) is 10.7. The van der Waals surface area contributed by atoms with Crippen molar-refractivity contribution in [2.45, 2.75) is 12.8 Å². The van der Waals surface area contributed by atoms with Crippen molar-refractivity contribution in [2.75, 3.05) is 12.0 Å². The maximum Gasteiger partial charge on any atom is 0.275 e. The molecule has 0 unspecified atom stereocenters. The van der Waals surface area contributed by atoms with Gasteiger partial charge in [0.2, 0.25) is 0 Å². The largest absolute Gasteiger partial charge is 0.493 e. The Bertz CT molecular complexity index is 404. The molecule has 86 valence electrons. The van der Waals surface area contributed by atoms with E-state index in [1.165, 1.54) is 25.0 Å². The highest BCUT2D eigenvalue weighted by Crippen LogP contribution is 2.31. The molecule has 0 aliphatic heterocycles. The van der Waals surface area contributed by atoms with Gasteiger partial charge in [0.25, 0.3) is 5.69 Å². The lowest BCUT2D eigenvalue weighted by atomic mass is 10.2. The number of non-ortho nitro benzene ring substituents is 1. The minimum atomic E-state index is -0.467. The molecule has 0 radical (unpaired) electrons. The average Bonchev–Trinajstić information content (AvgIpc) is 3.09. The van der Waals surface area contributed by atoms with E-state index in [1.54, 1.807) is 6.07 Å². The summed E-state index contributed by atoms with van der Waals surface area (Å²) < 4.78 is 5.46. The molecule has 6 heteroatoms. The van der Waals surface area contributed by atoms with Gasteiger partial charge in [0.15, 0.2) is 0 Å². The first kappa shape index (κ1) is 10.7. The normalized spacial score (nSPS) is 14.6. The van der Waals surface area contributed by atoms with Crippen LogP contribution in [0.15, 0.2) is 18.2 Å². The van der Waals surface area contributed by atoms with Crippen LogP contribution in [0, 0.1) is 16.0 Å². The minimum Gasteiger partial charge on any atom is -0.493 e. The highest BCUT2D eigenvalue weighted by molar-refractivity contribution is 5.55. The van der Waals surface area contributed by atoms with E-state index in [9.17, 15) is 10.1 Å². The van der Waals surface area contributed by atoms with Crippen LogP contribution in [0.5, 0.6) is 5.75 Å². The number of ether oxygens (including phenoxy) is 1. The standard InChI is InChI=1S/C10H13N3O3/c11-12-8-3-9(13(14)15)5-10(4-8)16-6-7-1-2-7/h3-5,7,12H,1-2,6,11H2. The quantitative estimate of drug-likeness (QED) is 0.450. The second-order valence-electron chi connectivity index (χ2n) is 3.87. The molecule has 1 aliphatic rings. The van der Waals surface area contributed by atoms with Crippen LogP contribution in [0.4, 0.5) is 11.4 Å². The van der Waals surface area contributed by atoms with Crippen molar-refractivity contribution in [3.05, 3.63) is 28.3 Å². The van der Waals surface area contributed by atoms with Crippen LogP contribution >= 0.6 is 0 Å². The Labute approximate surface area is 92.5 Å². The number of nitrogens with one attached hydrogen (secondary N) is 1. The number of nitro benzene ring substituents is 1. The van der Waals surface area contributed by atoms with Crippen molar-refractivity contribution in [3.63, 3.8) is 0 Å². The fourth-order valence-corrected chi connectivity index (χ4v) is 1.35. The molecular formula is C10H13N3O3. The molecule has 0 amide bonds. The maximum atomic E-state index is 10.7. The van der Waals surface area contributed by atoms with Gasteiger partial charge in [-0.15, -0.1) is 0 Å². The number of nitrogen functional groups attached to an aromatic ring is 1. The Hall–Kier alpha value is -1.82. The van der Waals surface area contributed by atoms with Crippen LogP contribution in [-0.4, -0.2) is 11.5 Å². The lowest BCUT2D eigenvalue weighted by molar-refractivity contribution is -0.384. The molecule has 0 bridgehead atoms. The van der Waals surface area contributed by atoms with Crippen molar-refractivity contribution in [2.24, 2.45) is 11.8 Å². The minimum absolute atomic E-state index is 0.0266. The predicted octanol–water partition coefficient (Wildman–Crippen LogP) is 1.67. The molecule has 0 spiro atoms. The second-order valence-corrected chi connectivity index (χ2v) is 3.87. The molecule has 1 aliphatic carbocycles. The first-order chi connectivity index (χ1) is 7.69. The van der Waals surface area contributed by atoms with E-state index in [0.29, 0.717) is 24.0 Å². The van der Waals surface area contributed by atoms with Gasteiger partial charge in [-0.3, -0.25) is 16.0 Å². The van der Waals surface area contributed by atoms with Gasteiger partial charge >= 0.3 is 0 Å². The molecule has 6 nitrogen and oxygen atoms in total. The number of nitro groups is 1. The highest BCUT2D eigenvalue weighted by atomic mass is 16.6. The number of benzene rings is 1. The van der Waals surface area contributed by atoms with E-state index in [-0.39, 0.29) is 5.69 Å². The number of anilines is 1. The second kappa shape index (κ2) is 4.36. The molecule has 0 heterocycles. The molecular weight excluding hydrogens is 210 g/mol. The van der Waals surface area contributed by atoms with E-state index in [0.717, 1.165) is 0 Å². The van der Waals surface area contributed by atoms with Gasteiger partial charge in [-0.1, -0.05) is 0 Å². The van der Waals surface area contributed by atoms with Crippen LogP contribution in [-0.2, 0) is 0 Å². The Kier molecular flexibility index (Phi) is 2.91. The van der Waals surface area contributed by atoms with E-state index in [4.69, 9.17) is 10.6 Å². The smallest absolute Gasteiger partial charge is 0.275 e. The van der Waals surface area contributed by atoms with Crippen LogP contribution in [0.25, 0.3) is 0 Å². The molecule has 1 saturated carbocycles. The summed E-state index contributed by atoms with van der Waals surface area (Å²) >= 11 is 0. The topological polar surface area (TPSA) is 90.4 Å². The van der Waals surface area contributed by atoms with Gasteiger partial charge in [0, 0.05) is 12.1 Å². The summed E-state index contributed by atoms with van der Waals surface area (Å²) in [5.74, 6) is 6.31. The lowest BCUT2D eigenvalue weighted by Crippen LogP contribution is -2.08. The molecule has 1 aromatic carbocycles. The first-order valence-electron chi connectivity index (χ1n) is 5.08. The third-order valence-corrected chi connectivity index (χ3v) is 2.45. The van der Waals surface area contributed by atoms with Gasteiger partial charge in [-0.05, 0) is 18.8 Å². The summed E-state index contributed by atoms with van der Waals surface area (Å²) in [4.78, 5) is 10.2. The predicted molar refractivity (Wildman–Crippen MR) is 59.1 cm³/mol. The Morgan fingerprint density at radius 3 is 2.81 bits per heavy atom. The number of hydrogen-bond acceptors (Lipinski definition) is 5. The zero-order valence-electron chi connectivity index (χ0n) is 8.68. The van der Waals surface area contributed by atoms with Gasteiger partial charge in [0.1, 0.15) is 5.75 Å². The summed E-state index contributed by atoms with van der Waals surface area (Å²) in [6.07, 6.45) is 2.36. The summed E-state index contributed by atoms with van der Waals surface area (Å²) in [5.41, 5.74) is 2.83. The van der Waals surface area contributed by atoms with Gasteiger partial charge in [0.05, 0.1) is 23.3 Å². The third-order valence-electron chi connectivity index (χ3n) is 2.45. The number of rotatable bonds is 5. The van der Waals surface area contributed by atoms with Crippen LogP contribution in [0.1, 0.15) is 12.8 Å². The van der Waals surface area contributed by atoms with E-state index in [2.05, 4.69) is 5.43 Å². The first-order valence-corrected chi connectivity index (χ1v) is 5.08. The van der Waals surface area contributed by atoms with E-state index in [1.807, 2.05) is 0 Å². The Balaban J connectivity index is 2.14. The zero-order chi connectivity index (χ0) is 11.5. The van der Waals surface area contributed by atoms with Crippen molar-refractivity contribution < 1.29 is 9.66 Å².